The van der Waals surface area contributed by atoms with E-state index in [4.69, 9.17) is 0 Å². The average Bonchev–Trinajstić information content (AvgIpc) is 3.29. The first-order valence-corrected chi connectivity index (χ1v) is 10.3. The van der Waals surface area contributed by atoms with Crippen LogP contribution in [0.3, 0.4) is 0 Å². The second-order valence-electron chi connectivity index (χ2n) is 7.67. The maximum absolute atomic E-state index is 11.9. The maximum atomic E-state index is 11.9. The molecule has 0 heterocycles. The van der Waals surface area contributed by atoms with E-state index in [1.54, 1.807) is 0 Å². The third-order valence-electron chi connectivity index (χ3n) is 5.65. The van der Waals surface area contributed by atoms with Gasteiger partial charge in [0.2, 0.25) is 11.8 Å². The lowest BCUT2D eigenvalue weighted by atomic mass is 10.1. The molecule has 4 nitrogen and oxygen atoms in total. The standard InChI is InChI=1S/C20H36N2O2/c23-19(17-11-5-6-12-17)21-15-9-3-1-2-4-10-16-22-20(24)18-13-7-8-14-18/h17-18H,1-16H2,(H,21,23)(H,22,24). The highest BCUT2D eigenvalue weighted by molar-refractivity contribution is 5.79. The monoisotopic (exact) mass is 336 g/mol. The van der Waals surface area contributed by atoms with Crippen molar-refractivity contribution in [1.82, 2.24) is 10.6 Å². The Hall–Kier alpha value is -1.06. The lowest BCUT2D eigenvalue weighted by Gasteiger charge is -2.10. The fourth-order valence-electron chi connectivity index (χ4n) is 4.04. The van der Waals surface area contributed by atoms with Crippen LogP contribution in [0.4, 0.5) is 0 Å². The molecule has 2 aliphatic carbocycles. The highest BCUT2D eigenvalue weighted by Gasteiger charge is 2.22. The summed E-state index contributed by atoms with van der Waals surface area (Å²) in [6.45, 7) is 1.68. The largest absolute Gasteiger partial charge is 0.356 e. The van der Waals surface area contributed by atoms with Crippen LogP contribution in [0.2, 0.25) is 0 Å². The SMILES string of the molecule is O=C(NCCCCCCCCNC(=O)C1CCCC1)C1CCCC1. The first-order valence-electron chi connectivity index (χ1n) is 10.3. The van der Waals surface area contributed by atoms with Crippen LogP contribution >= 0.6 is 0 Å². The first kappa shape index (κ1) is 19.3. The number of hydrogen-bond donors (Lipinski definition) is 2. The minimum absolute atomic E-state index is 0.283. The van der Waals surface area contributed by atoms with Gasteiger partial charge in [0.25, 0.3) is 0 Å². The summed E-state index contributed by atoms with van der Waals surface area (Å²) in [5.41, 5.74) is 0. The maximum Gasteiger partial charge on any atom is 0.223 e. The molecule has 0 saturated heterocycles. The number of carbonyl (C=O) groups is 2. The van der Waals surface area contributed by atoms with Gasteiger partial charge in [0.15, 0.2) is 0 Å². The predicted octanol–water partition coefficient (Wildman–Crippen LogP) is 3.94. The Labute approximate surface area is 147 Å². The van der Waals surface area contributed by atoms with Crippen LogP contribution in [0.15, 0.2) is 0 Å². The summed E-state index contributed by atoms with van der Waals surface area (Å²) in [7, 11) is 0. The molecule has 0 aromatic heterocycles. The summed E-state index contributed by atoms with van der Waals surface area (Å²) in [6, 6.07) is 0. The molecule has 0 aromatic carbocycles. The zero-order chi connectivity index (χ0) is 17.0. The highest BCUT2D eigenvalue weighted by Crippen LogP contribution is 2.25. The quantitative estimate of drug-likeness (QED) is 0.561. The molecule has 2 N–H and O–H groups in total. The number of rotatable bonds is 11. The zero-order valence-electron chi connectivity index (χ0n) is 15.3. The summed E-state index contributed by atoms with van der Waals surface area (Å²) in [4.78, 5) is 23.7. The van der Waals surface area contributed by atoms with Crippen LogP contribution in [-0.2, 0) is 9.59 Å². The Morgan fingerprint density at radius 3 is 1.29 bits per heavy atom. The van der Waals surface area contributed by atoms with Gasteiger partial charge in [0.05, 0.1) is 0 Å². The molecule has 0 spiro atoms. The molecule has 0 aromatic rings. The van der Waals surface area contributed by atoms with Gasteiger partial charge in [-0.2, -0.15) is 0 Å². The Morgan fingerprint density at radius 2 is 0.917 bits per heavy atom. The number of carbonyl (C=O) groups excluding carboxylic acids is 2. The van der Waals surface area contributed by atoms with Gasteiger partial charge in [-0.25, -0.2) is 0 Å². The molecule has 0 atom stereocenters. The summed E-state index contributed by atoms with van der Waals surface area (Å²) >= 11 is 0. The molecule has 4 heteroatoms. The van der Waals surface area contributed by atoms with E-state index in [1.165, 1.54) is 51.4 Å². The van der Waals surface area contributed by atoms with Gasteiger partial charge in [-0.15, -0.1) is 0 Å². The number of hydrogen-bond acceptors (Lipinski definition) is 2. The van der Waals surface area contributed by atoms with Crippen LogP contribution in [0, 0.1) is 11.8 Å². The highest BCUT2D eigenvalue weighted by atomic mass is 16.2. The molecule has 0 aliphatic heterocycles. The van der Waals surface area contributed by atoms with Gasteiger partial charge in [0.1, 0.15) is 0 Å². The molecule has 2 amide bonds. The second-order valence-corrected chi connectivity index (χ2v) is 7.67. The molecule has 2 aliphatic rings. The molecule has 0 bridgehead atoms. The zero-order valence-corrected chi connectivity index (χ0v) is 15.3. The Kier molecular flexibility index (Phi) is 9.22. The van der Waals surface area contributed by atoms with E-state index in [2.05, 4.69) is 10.6 Å². The van der Waals surface area contributed by atoms with Crippen LogP contribution in [0.5, 0.6) is 0 Å². The molecule has 0 unspecified atom stereocenters. The van der Waals surface area contributed by atoms with Crippen molar-refractivity contribution in [2.75, 3.05) is 13.1 Å². The van der Waals surface area contributed by atoms with E-state index in [0.29, 0.717) is 11.8 Å². The number of unbranched alkanes of at least 4 members (excludes halogenated alkanes) is 5. The lowest BCUT2D eigenvalue weighted by Crippen LogP contribution is -2.30. The van der Waals surface area contributed by atoms with Crippen LogP contribution in [0.1, 0.15) is 89.9 Å². The fraction of sp³-hybridized carbons (Fsp3) is 0.900. The molecular weight excluding hydrogens is 300 g/mol. The first-order chi connectivity index (χ1) is 11.8. The van der Waals surface area contributed by atoms with E-state index >= 15 is 0 Å². The second kappa shape index (κ2) is 11.5. The van der Waals surface area contributed by atoms with Gasteiger partial charge in [-0.1, -0.05) is 51.4 Å². The Balaban J connectivity index is 1.33. The molecule has 24 heavy (non-hydrogen) atoms. The Bertz CT molecular complexity index is 336. The minimum Gasteiger partial charge on any atom is -0.356 e. The summed E-state index contributed by atoms with van der Waals surface area (Å²) in [5, 5.41) is 6.18. The van der Waals surface area contributed by atoms with Gasteiger partial charge >= 0.3 is 0 Å². The van der Waals surface area contributed by atoms with Crippen LogP contribution < -0.4 is 10.6 Å². The van der Waals surface area contributed by atoms with Crippen molar-refractivity contribution >= 4 is 11.8 Å². The molecule has 0 radical (unpaired) electrons. The fourth-order valence-corrected chi connectivity index (χ4v) is 4.04. The van der Waals surface area contributed by atoms with Crippen LogP contribution in [0.25, 0.3) is 0 Å². The Morgan fingerprint density at radius 1 is 0.583 bits per heavy atom. The van der Waals surface area contributed by atoms with Crippen molar-refractivity contribution in [3.63, 3.8) is 0 Å². The van der Waals surface area contributed by atoms with Crippen molar-refractivity contribution in [3.05, 3.63) is 0 Å². The van der Waals surface area contributed by atoms with Crippen molar-refractivity contribution in [2.24, 2.45) is 11.8 Å². The third-order valence-corrected chi connectivity index (χ3v) is 5.65. The average molecular weight is 337 g/mol. The third kappa shape index (κ3) is 7.23. The minimum atomic E-state index is 0.283. The molecule has 2 fully saturated rings. The van der Waals surface area contributed by atoms with E-state index in [-0.39, 0.29) is 11.8 Å². The van der Waals surface area contributed by atoms with Gasteiger partial charge in [0, 0.05) is 24.9 Å². The van der Waals surface area contributed by atoms with Crippen molar-refractivity contribution in [3.8, 4) is 0 Å². The van der Waals surface area contributed by atoms with E-state index in [1.807, 2.05) is 0 Å². The lowest BCUT2D eigenvalue weighted by molar-refractivity contribution is -0.125. The van der Waals surface area contributed by atoms with Crippen LogP contribution in [-0.4, -0.2) is 24.9 Å². The molecule has 138 valence electrons. The molecule has 2 saturated carbocycles. The van der Waals surface area contributed by atoms with Gasteiger partial charge < -0.3 is 10.6 Å². The van der Waals surface area contributed by atoms with Gasteiger partial charge in [-0.3, -0.25) is 9.59 Å². The number of nitrogens with one attached hydrogen (secondary N) is 2. The topological polar surface area (TPSA) is 58.2 Å². The van der Waals surface area contributed by atoms with E-state index < -0.39 is 0 Å². The summed E-state index contributed by atoms with van der Waals surface area (Å²) < 4.78 is 0. The molecular formula is C20H36N2O2. The van der Waals surface area contributed by atoms with Crippen molar-refractivity contribution < 1.29 is 9.59 Å². The van der Waals surface area contributed by atoms with E-state index in [0.717, 1.165) is 51.6 Å². The summed E-state index contributed by atoms with van der Waals surface area (Å²) in [5.74, 6) is 1.16. The van der Waals surface area contributed by atoms with Gasteiger partial charge in [-0.05, 0) is 38.5 Å². The molecule has 2 rings (SSSR count). The predicted molar refractivity (Wildman–Crippen MR) is 97.6 cm³/mol. The smallest absolute Gasteiger partial charge is 0.223 e. The summed E-state index contributed by atoms with van der Waals surface area (Å²) in [6.07, 6.45) is 16.3. The van der Waals surface area contributed by atoms with Crippen molar-refractivity contribution in [2.45, 2.75) is 89.9 Å². The van der Waals surface area contributed by atoms with Crippen molar-refractivity contribution in [1.29, 1.82) is 0 Å². The van der Waals surface area contributed by atoms with E-state index in [9.17, 15) is 9.59 Å². The number of amides is 2. The normalized spacial score (nSPS) is 18.8.